The molecule has 38 heavy (non-hydrogen) atoms. The summed E-state index contributed by atoms with van der Waals surface area (Å²) in [4.78, 5) is 33.0. The van der Waals surface area contributed by atoms with E-state index in [1.165, 1.54) is 0 Å². The Labute approximate surface area is 223 Å². The lowest BCUT2D eigenvalue weighted by atomic mass is 10.1. The van der Waals surface area contributed by atoms with Gasteiger partial charge in [-0.15, -0.1) is 0 Å². The molecule has 0 aliphatic heterocycles. The summed E-state index contributed by atoms with van der Waals surface area (Å²) < 4.78 is 7.53. The molecule has 0 atom stereocenters. The molecule has 0 saturated heterocycles. The predicted molar refractivity (Wildman–Crippen MR) is 149 cm³/mol. The SMILES string of the molecule is CCOc1cccc(-n2cc(-c3ccccc3)nc2NC(=O)CN(CC2CC2)C(=O)c2ccc(C)cc2)c1. The van der Waals surface area contributed by atoms with Crippen LogP contribution in [-0.2, 0) is 4.79 Å². The van der Waals surface area contributed by atoms with Crippen LogP contribution in [0.5, 0.6) is 5.75 Å². The molecular formula is C31H32N4O3. The molecule has 4 aromatic rings. The number of hydrogen-bond acceptors (Lipinski definition) is 4. The van der Waals surface area contributed by atoms with Gasteiger partial charge in [-0.05, 0) is 56.9 Å². The molecule has 1 fully saturated rings. The van der Waals surface area contributed by atoms with Gasteiger partial charge in [0.05, 0.1) is 18.0 Å². The molecule has 1 N–H and O–H groups in total. The maximum Gasteiger partial charge on any atom is 0.254 e. The number of amides is 2. The second-order valence-corrected chi connectivity index (χ2v) is 9.66. The standard InChI is InChI=1S/C31H32N4O3/c1-3-38-27-11-7-10-26(18-27)35-20-28(24-8-5-4-6-9-24)32-31(35)33-29(36)21-34(19-23-14-15-23)30(37)25-16-12-22(2)13-17-25/h4-13,16-18,20,23H,3,14-15,19,21H2,1-2H3,(H,32,33,36). The fourth-order valence-electron chi connectivity index (χ4n) is 4.35. The number of imidazole rings is 1. The van der Waals surface area contributed by atoms with Crippen molar-refractivity contribution in [3.63, 3.8) is 0 Å². The normalized spacial score (nSPS) is 12.7. The molecule has 194 valence electrons. The first kappa shape index (κ1) is 25.3. The molecule has 3 aromatic carbocycles. The van der Waals surface area contributed by atoms with Crippen LogP contribution in [0.15, 0.2) is 85.1 Å². The largest absolute Gasteiger partial charge is 0.494 e. The Hall–Kier alpha value is -4.39. The molecule has 1 saturated carbocycles. The van der Waals surface area contributed by atoms with Gasteiger partial charge in [0.15, 0.2) is 0 Å². The first-order chi connectivity index (χ1) is 18.5. The Bertz CT molecular complexity index is 1410. The molecule has 7 heteroatoms. The maximum atomic E-state index is 13.3. The van der Waals surface area contributed by atoms with Crippen molar-refractivity contribution in [3.8, 4) is 22.7 Å². The Morgan fingerprint density at radius 3 is 2.50 bits per heavy atom. The molecule has 7 nitrogen and oxygen atoms in total. The van der Waals surface area contributed by atoms with Crippen molar-refractivity contribution in [3.05, 3.63) is 96.2 Å². The molecule has 5 rings (SSSR count). The number of anilines is 1. The summed E-state index contributed by atoms with van der Waals surface area (Å²) in [6.07, 6.45) is 4.07. The van der Waals surface area contributed by atoms with E-state index in [-0.39, 0.29) is 18.4 Å². The molecule has 1 aliphatic carbocycles. The number of carbonyl (C=O) groups excluding carboxylic acids is 2. The van der Waals surface area contributed by atoms with Crippen LogP contribution in [0.1, 0.15) is 35.7 Å². The van der Waals surface area contributed by atoms with Crippen LogP contribution in [0.25, 0.3) is 16.9 Å². The highest BCUT2D eigenvalue weighted by Crippen LogP contribution is 2.30. The smallest absolute Gasteiger partial charge is 0.254 e. The predicted octanol–water partition coefficient (Wildman–Crippen LogP) is 5.74. The Morgan fingerprint density at radius 2 is 1.79 bits per heavy atom. The first-order valence-electron chi connectivity index (χ1n) is 13.0. The molecular weight excluding hydrogens is 476 g/mol. The highest BCUT2D eigenvalue weighted by molar-refractivity contribution is 5.99. The number of nitrogens with zero attached hydrogens (tertiary/aromatic N) is 3. The molecule has 1 aliphatic rings. The Balaban J connectivity index is 1.41. The van der Waals surface area contributed by atoms with Crippen LogP contribution in [0.2, 0.25) is 0 Å². The van der Waals surface area contributed by atoms with Crippen molar-refractivity contribution in [2.24, 2.45) is 5.92 Å². The van der Waals surface area contributed by atoms with Gasteiger partial charge in [-0.3, -0.25) is 19.5 Å². The third-order valence-electron chi connectivity index (χ3n) is 6.53. The number of nitrogens with one attached hydrogen (secondary N) is 1. The van der Waals surface area contributed by atoms with Gasteiger partial charge >= 0.3 is 0 Å². The number of carbonyl (C=O) groups is 2. The summed E-state index contributed by atoms with van der Waals surface area (Å²) in [7, 11) is 0. The van der Waals surface area contributed by atoms with Crippen molar-refractivity contribution >= 4 is 17.8 Å². The van der Waals surface area contributed by atoms with Gasteiger partial charge in [0.1, 0.15) is 12.3 Å². The second-order valence-electron chi connectivity index (χ2n) is 9.66. The molecule has 0 unspecified atom stereocenters. The number of ether oxygens (including phenoxy) is 1. The quantitative estimate of drug-likeness (QED) is 0.297. The van der Waals surface area contributed by atoms with Crippen LogP contribution in [-0.4, -0.2) is 46.0 Å². The molecule has 0 radical (unpaired) electrons. The number of hydrogen-bond donors (Lipinski definition) is 1. The third-order valence-corrected chi connectivity index (χ3v) is 6.53. The average molecular weight is 509 g/mol. The third kappa shape index (κ3) is 6.11. The molecule has 0 spiro atoms. The number of benzene rings is 3. The minimum absolute atomic E-state index is 0.0459. The molecule has 1 aromatic heterocycles. The average Bonchev–Trinajstić information content (AvgIpc) is 3.65. The zero-order valence-electron chi connectivity index (χ0n) is 21.8. The minimum atomic E-state index is -0.293. The van der Waals surface area contributed by atoms with Gasteiger partial charge in [-0.2, -0.15) is 0 Å². The van der Waals surface area contributed by atoms with E-state index in [9.17, 15) is 9.59 Å². The molecule has 0 bridgehead atoms. The van der Waals surface area contributed by atoms with E-state index in [1.807, 2.05) is 103 Å². The van der Waals surface area contributed by atoms with E-state index in [0.29, 0.717) is 30.6 Å². The summed E-state index contributed by atoms with van der Waals surface area (Å²) >= 11 is 0. The van der Waals surface area contributed by atoms with Crippen molar-refractivity contribution in [1.82, 2.24) is 14.5 Å². The molecule has 1 heterocycles. The maximum absolute atomic E-state index is 13.3. The topological polar surface area (TPSA) is 76.5 Å². The minimum Gasteiger partial charge on any atom is -0.494 e. The van der Waals surface area contributed by atoms with Crippen molar-refractivity contribution in [2.45, 2.75) is 26.7 Å². The zero-order chi connectivity index (χ0) is 26.5. The lowest BCUT2D eigenvalue weighted by molar-refractivity contribution is -0.117. The van der Waals surface area contributed by atoms with Crippen molar-refractivity contribution < 1.29 is 14.3 Å². The summed E-state index contributed by atoms with van der Waals surface area (Å²) in [5.41, 5.74) is 4.15. The van der Waals surface area contributed by atoms with E-state index in [1.54, 1.807) is 4.90 Å². The van der Waals surface area contributed by atoms with Gasteiger partial charge in [-0.1, -0.05) is 54.1 Å². The zero-order valence-corrected chi connectivity index (χ0v) is 21.8. The van der Waals surface area contributed by atoms with Gasteiger partial charge < -0.3 is 9.64 Å². The van der Waals surface area contributed by atoms with E-state index in [0.717, 1.165) is 41.1 Å². The summed E-state index contributed by atoms with van der Waals surface area (Å²) in [5.74, 6) is 1.14. The fourth-order valence-corrected chi connectivity index (χ4v) is 4.35. The number of aryl methyl sites for hydroxylation is 1. The van der Waals surface area contributed by atoms with Crippen LogP contribution >= 0.6 is 0 Å². The van der Waals surface area contributed by atoms with Crippen LogP contribution in [0.3, 0.4) is 0 Å². The van der Waals surface area contributed by atoms with E-state index >= 15 is 0 Å². The number of rotatable bonds is 10. The van der Waals surface area contributed by atoms with E-state index in [2.05, 4.69) is 5.32 Å². The van der Waals surface area contributed by atoms with Gasteiger partial charge in [0.25, 0.3) is 5.91 Å². The Morgan fingerprint density at radius 1 is 1.03 bits per heavy atom. The van der Waals surface area contributed by atoms with Gasteiger partial charge in [-0.25, -0.2) is 4.98 Å². The van der Waals surface area contributed by atoms with E-state index in [4.69, 9.17) is 9.72 Å². The first-order valence-corrected chi connectivity index (χ1v) is 13.0. The number of aromatic nitrogens is 2. The van der Waals surface area contributed by atoms with E-state index < -0.39 is 0 Å². The summed E-state index contributed by atoms with van der Waals surface area (Å²) in [6, 6.07) is 24.9. The monoisotopic (exact) mass is 508 g/mol. The lowest BCUT2D eigenvalue weighted by Crippen LogP contribution is -2.39. The van der Waals surface area contributed by atoms with Crippen LogP contribution in [0, 0.1) is 12.8 Å². The van der Waals surface area contributed by atoms with Crippen LogP contribution < -0.4 is 10.1 Å². The van der Waals surface area contributed by atoms with Gasteiger partial charge in [0.2, 0.25) is 11.9 Å². The lowest BCUT2D eigenvalue weighted by Gasteiger charge is -2.22. The summed E-state index contributed by atoms with van der Waals surface area (Å²) in [6.45, 7) is 5.00. The highest BCUT2D eigenvalue weighted by atomic mass is 16.5. The van der Waals surface area contributed by atoms with Crippen LogP contribution in [0.4, 0.5) is 5.95 Å². The fraction of sp³-hybridized carbons (Fsp3) is 0.258. The molecule has 2 amide bonds. The van der Waals surface area contributed by atoms with Crippen molar-refractivity contribution in [2.75, 3.05) is 25.0 Å². The summed E-state index contributed by atoms with van der Waals surface area (Å²) in [5, 5.41) is 2.97. The highest BCUT2D eigenvalue weighted by Gasteiger charge is 2.29. The Kier molecular flexibility index (Phi) is 7.54. The van der Waals surface area contributed by atoms with Crippen molar-refractivity contribution in [1.29, 1.82) is 0 Å². The van der Waals surface area contributed by atoms with Gasteiger partial charge in [0, 0.05) is 29.9 Å². The second kappa shape index (κ2) is 11.3.